The van der Waals surface area contributed by atoms with Crippen molar-refractivity contribution >= 4 is 17.4 Å². The maximum absolute atomic E-state index is 12.5. The van der Waals surface area contributed by atoms with Gasteiger partial charge < -0.3 is 0 Å². The molecule has 0 atom stereocenters. The number of pyridine rings is 1. The Morgan fingerprint density at radius 3 is 2.42 bits per heavy atom. The van der Waals surface area contributed by atoms with Gasteiger partial charge in [-0.15, -0.1) is 10.2 Å². The molecule has 2 aromatic carbocycles. The van der Waals surface area contributed by atoms with Crippen LogP contribution in [0, 0.1) is 6.92 Å². The third-order valence-corrected chi connectivity index (χ3v) is 5.85. The average molecular weight is 426 g/mol. The van der Waals surface area contributed by atoms with E-state index in [1.165, 1.54) is 11.8 Å². The van der Waals surface area contributed by atoms with Gasteiger partial charge in [-0.2, -0.15) is 0 Å². The van der Waals surface area contributed by atoms with Crippen molar-refractivity contribution in [2.45, 2.75) is 17.8 Å². The van der Waals surface area contributed by atoms with Crippen LogP contribution in [0.1, 0.15) is 11.3 Å². The molecule has 0 amide bonds. The van der Waals surface area contributed by atoms with E-state index in [2.05, 4.69) is 15.2 Å². The Morgan fingerprint density at radius 2 is 1.65 bits per heavy atom. The first-order chi connectivity index (χ1) is 15.2. The molecule has 0 spiro atoms. The van der Waals surface area contributed by atoms with Crippen LogP contribution in [0.15, 0.2) is 95.0 Å². The van der Waals surface area contributed by atoms with Gasteiger partial charge in [-0.05, 0) is 30.7 Å². The number of aryl methyl sites for hydroxylation is 1. The maximum Gasteiger partial charge on any atom is 0.258 e. The molecule has 0 saturated carbocycles. The Bertz CT molecular complexity index is 1410. The number of rotatable bonds is 5. The second kappa shape index (κ2) is 8.20. The van der Waals surface area contributed by atoms with Gasteiger partial charge in [-0.3, -0.25) is 13.8 Å². The first-order valence-corrected chi connectivity index (χ1v) is 10.9. The smallest absolute Gasteiger partial charge is 0.258 e. The Balaban J connectivity index is 1.51. The largest absolute Gasteiger partial charge is 0.270 e. The van der Waals surface area contributed by atoms with Crippen LogP contribution in [0.4, 0.5) is 0 Å². The van der Waals surface area contributed by atoms with Crippen molar-refractivity contribution in [3.8, 4) is 17.1 Å². The second-order valence-corrected chi connectivity index (χ2v) is 8.09. The van der Waals surface area contributed by atoms with E-state index in [4.69, 9.17) is 0 Å². The van der Waals surface area contributed by atoms with Crippen molar-refractivity contribution in [1.82, 2.24) is 24.1 Å². The Kier molecular flexibility index (Phi) is 5.09. The van der Waals surface area contributed by atoms with E-state index in [1.54, 1.807) is 16.7 Å². The number of benzene rings is 2. The lowest BCUT2D eigenvalue weighted by Gasteiger charge is -2.10. The number of nitrogens with zero attached hydrogens (tertiary/aromatic N) is 5. The zero-order valence-electron chi connectivity index (χ0n) is 16.8. The molecule has 3 heterocycles. The molecule has 0 fully saturated rings. The van der Waals surface area contributed by atoms with Crippen LogP contribution >= 0.6 is 11.8 Å². The zero-order chi connectivity index (χ0) is 21.2. The van der Waals surface area contributed by atoms with Crippen LogP contribution in [0.25, 0.3) is 22.7 Å². The monoisotopic (exact) mass is 425 g/mol. The molecule has 0 bridgehead atoms. The Hall–Kier alpha value is -3.71. The van der Waals surface area contributed by atoms with Crippen molar-refractivity contribution in [3.63, 3.8) is 0 Å². The van der Waals surface area contributed by atoms with Crippen LogP contribution in [0.5, 0.6) is 0 Å². The summed E-state index contributed by atoms with van der Waals surface area (Å²) in [6, 6.07) is 25.4. The average Bonchev–Trinajstić information content (AvgIpc) is 3.23. The summed E-state index contributed by atoms with van der Waals surface area (Å²) in [5.74, 6) is 1.29. The van der Waals surface area contributed by atoms with Crippen LogP contribution in [-0.4, -0.2) is 24.1 Å². The van der Waals surface area contributed by atoms with E-state index in [0.29, 0.717) is 17.1 Å². The van der Waals surface area contributed by atoms with Crippen molar-refractivity contribution in [2.75, 3.05) is 0 Å². The summed E-state index contributed by atoms with van der Waals surface area (Å²) < 4.78 is 3.61. The van der Waals surface area contributed by atoms with E-state index in [9.17, 15) is 4.79 Å². The minimum absolute atomic E-state index is 0.0844. The fraction of sp³-hybridized carbons (Fsp3) is 0.0833. The van der Waals surface area contributed by atoms with Crippen LogP contribution in [0.3, 0.4) is 0 Å². The summed E-state index contributed by atoms with van der Waals surface area (Å²) >= 11 is 1.51. The highest BCUT2D eigenvalue weighted by molar-refractivity contribution is 7.98. The number of aromatic nitrogens is 5. The second-order valence-electron chi connectivity index (χ2n) is 7.15. The molecule has 0 aliphatic rings. The molecule has 6 nitrogen and oxygen atoms in total. The number of thioether (sulfide) groups is 1. The van der Waals surface area contributed by atoms with E-state index in [1.807, 2.05) is 84.3 Å². The number of hydrogen-bond acceptors (Lipinski definition) is 5. The van der Waals surface area contributed by atoms with E-state index >= 15 is 0 Å². The fourth-order valence-corrected chi connectivity index (χ4v) is 4.26. The van der Waals surface area contributed by atoms with E-state index < -0.39 is 0 Å². The van der Waals surface area contributed by atoms with Crippen LogP contribution < -0.4 is 5.56 Å². The Labute approximate surface area is 183 Å². The summed E-state index contributed by atoms with van der Waals surface area (Å²) in [5, 5.41) is 9.65. The van der Waals surface area contributed by atoms with Gasteiger partial charge in [0.1, 0.15) is 5.65 Å². The van der Waals surface area contributed by atoms with Gasteiger partial charge in [0.25, 0.3) is 5.56 Å². The van der Waals surface area contributed by atoms with Gasteiger partial charge in [-0.1, -0.05) is 66.4 Å². The molecule has 0 N–H and O–H groups in total. The van der Waals surface area contributed by atoms with Crippen molar-refractivity contribution < 1.29 is 0 Å². The van der Waals surface area contributed by atoms with E-state index in [0.717, 1.165) is 27.8 Å². The molecule has 0 aliphatic heterocycles. The molecule has 5 aromatic rings. The minimum atomic E-state index is -0.0844. The summed E-state index contributed by atoms with van der Waals surface area (Å²) in [5.41, 5.74) is 4.26. The molecule has 0 saturated heterocycles. The predicted octanol–water partition coefficient (Wildman–Crippen LogP) is 4.54. The standard InChI is InChI=1S/C24H19N5OS/c1-17-12-13-21-25-19(14-22(30)28(21)15-17)16-31-24-27-26-23(18-8-4-2-5-9-18)29(24)20-10-6-3-7-11-20/h2-15H,16H2,1H3. The summed E-state index contributed by atoms with van der Waals surface area (Å²) in [4.78, 5) is 17.2. The van der Waals surface area contributed by atoms with Crippen molar-refractivity contribution in [2.24, 2.45) is 0 Å². The number of hydrogen-bond donors (Lipinski definition) is 0. The van der Waals surface area contributed by atoms with Gasteiger partial charge in [0, 0.05) is 29.3 Å². The zero-order valence-corrected chi connectivity index (χ0v) is 17.7. The third-order valence-electron chi connectivity index (χ3n) is 4.89. The topological polar surface area (TPSA) is 65.1 Å². The van der Waals surface area contributed by atoms with Gasteiger partial charge in [0.05, 0.1) is 5.69 Å². The third kappa shape index (κ3) is 3.87. The summed E-state index contributed by atoms with van der Waals surface area (Å²) in [6.45, 7) is 1.95. The molecule has 3 aromatic heterocycles. The van der Waals surface area contributed by atoms with Crippen LogP contribution in [-0.2, 0) is 5.75 Å². The normalized spacial score (nSPS) is 11.1. The lowest BCUT2D eigenvalue weighted by Crippen LogP contribution is -2.15. The number of fused-ring (bicyclic) bond motifs is 1. The predicted molar refractivity (Wildman–Crippen MR) is 123 cm³/mol. The highest BCUT2D eigenvalue weighted by Crippen LogP contribution is 2.29. The molecule has 5 rings (SSSR count). The van der Waals surface area contributed by atoms with Gasteiger partial charge in [0.15, 0.2) is 11.0 Å². The van der Waals surface area contributed by atoms with Crippen molar-refractivity contribution in [3.05, 3.63) is 107 Å². The van der Waals surface area contributed by atoms with Crippen molar-refractivity contribution in [1.29, 1.82) is 0 Å². The lowest BCUT2D eigenvalue weighted by atomic mass is 10.2. The molecule has 152 valence electrons. The molecular formula is C24H19N5OS. The molecule has 0 unspecified atom stereocenters. The van der Waals surface area contributed by atoms with Crippen LogP contribution in [0.2, 0.25) is 0 Å². The molecule has 0 radical (unpaired) electrons. The molecular weight excluding hydrogens is 406 g/mol. The molecule has 7 heteroatoms. The molecule has 31 heavy (non-hydrogen) atoms. The van der Waals surface area contributed by atoms with Gasteiger partial charge in [0.2, 0.25) is 0 Å². The van der Waals surface area contributed by atoms with Gasteiger partial charge in [-0.25, -0.2) is 4.98 Å². The fourth-order valence-electron chi connectivity index (χ4n) is 3.42. The quantitative estimate of drug-likeness (QED) is 0.387. The van der Waals surface area contributed by atoms with E-state index in [-0.39, 0.29) is 5.56 Å². The summed E-state index contributed by atoms with van der Waals surface area (Å²) in [7, 11) is 0. The summed E-state index contributed by atoms with van der Waals surface area (Å²) in [6.07, 6.45) is 1.81. The number of para-hydroxylation sites is 1. The first kappa shape index (κ1) is 19.3. The lowest BCUT2D eigenvalue weighted by molar-refractivity contribution is 0.884. The highest BCUT2D eigenvalue weighted by Gasteiger charge is 2.16. The SMILES string of the molecule is Cc1ccc2nc(CSc3nnc(-c4ccccc4)n3-c3ccccc3)cc(=O)n2c1. The molecule has 0 aliphatic carbocycles. The highest BCUT2D eigenvalue weighted by atomic mass is 32.2. The van der Waals surface area contributed by atoms with Gasteiger partial charge >= 0.3 is 0 Å². The minimum Gasteiger partial charge on any atom is -0.270 e. The Morgan fingerprint density at radius 1 is 0.903 bits per heavy atom. The maximum atomic E-state index is 12.5. The first-order valence-electron chi connectivity index (χ1n) is 9.87.